The topological polar surface area (TPSA) is 0 Å². The molecule has 1 fully saturated rings. The van der Waals surface area contributed by atoms with Gasteiger partial charge in [0.05, 0.1) is 0 Å². The summed E-state index contributed by atoms with van der Waals surface area (Å²) in [5.41, 5.74) is 3.50. The second-order valence-electron chi connectivity index (χ2n) is 5.41. The van der Waals surface area contributed by atoms with Gasteiger partial charge in [-0.25, -0.2) is 0 Å². The van der Waals surface area contributed by atoms with Gasteiger partial charge in [0.25, 0.3) is 0 Å². The van der Waals surface area contributed by atoms with E-state index in [0.29, 0.717) is 5.92 Å². The van der Waals surface area contributed by atoms with Crippen LogP contribution in [0.5, 0.6) is 0 Å². The number of fused-ring (bicyclic) bond motifs is 2. The third-order valence-corrected chi connectivity index (χ3v) is 3.81. The first-order valence-electron chi connectivity index (χ1n) is 5.26. The van der Waals surface area contributed by atoms with Crippen LogP contribution in [-0.2, 0) is 0 Å². The maximum atomic E-state index is 3.51. The Hall–Kier alpha value is -0.483. The molecule has 2 aliphatic rings. The maximum absolute atomic E-state index is 3.51. The van der Waals surface area contributed by atoms with Gasteiger partial charge in [0.1, 0.15) is 8.07 Å². The Balaban J connectivity index is 2.04. The second-order valence-corrected chi connectivity index (χ2v) is 10.2. The van der Waals surface area contributed by atoms with Crippen molar-refractivity contribution in [3.8, 4) is 11.5 Å². The van der Waals surface area contributed by atoms with Crippen LogP contribution in [0.25, 0.3) is 0 Å². The van der Waals surface area contributed by atoms with E-state index in [0.717, 1.165) is 11.8 Å². The van der Waals surface area contributed by atoms with Gasteiger partial charge in [-0.3, -0.25) is 0 Å². The first-order chi connectivity index (χ1) is 6.04. The van der Waals surface area contributed by atoms with Gasteiger partial charge in [0.2, 0.25) is 0 Å². The van der Waals surface area contributed by atoms with Crippen molar-refractivity contribution in [1.82, 2.24) is 0 Å². The van der Waals surface area contributed by atoms with Crippen molar-refractivity contribution in [2.45, 2.75) is 32.5 Å². The van der Waals surface area contributed by atoms with Crippen molar-refractivity contribution in [1.29, 1.82) is 0 Å². The Bertz CT molecular complexity index is 284. The Morgan fingerprint density at radius 3 is 2.38 bits per heavy atom. The van der Waals surface area contributed by atoms with E-state index < -0.39 is 8.07 Å². The molecule has 0 radical (unpaired) electrons. The summed E-state index contributed by atoms with van der Waals surface area (Å²) in [6.45, 7) is 6.97. The van der Waals surface area contributed by atoms with Crippen molar-refractivity contribution in [3.63, 3.8) is 0 Å². The van der Waals surface area contributed by atoms with E-state index in [4.69, 9.17) is 0 Å². The molecular formula is C12H18Si. The molecule has 0 heterocycles. The van der Waals surface area contributed by atoms with Crippen LogP contribution in [0.4, 0.5) is 0 Å². The van der Waals surface area contributed by atoms with Gasteiger partial charge in [-0.05, 0) is 24.7 Å². The molecule has 0 aromatic heterocycles. The highest BCUT2D eigenvalue weighted by Gasteiger charge is 2.34. The Kier molecular flexibility index (Phi) is 2.12. The van der Waals surface area contributed by atoms with Gasteiger partial charge in [-0.15, -0.1) is 11.5 Å². The Morgan fingerprint density at radius 1 is 1.15 bits per heavy atom. The van der Waals surface area contributed by atoms with E-state index in [1.165, 1.54) is 12.8 Å². The van der Waals surface area contributed by atoms with Crippen LogP contribution in [0, 0.1) is 29.2 Å². The third kappa shape index (κ3) is 2.06. The van der Waals surface area contributed by atoms with Crippen LogP contribution in [0.3, 0.4) is 0 Å². The van der Waals surface area contributed by atoms with Gasteiger partial charge in [-0.2, -0.15) is 0 Å². The number of hydrogen-bond acceptors (Lipinski definition) is 0. The SMILES string of the molecule is C[Si](C)(C)C#CC1CC2C=CC1C2. The molecule has 0 aromatic carbocycles. The zero-order valence-electron chi connectivity index (χ0n) is 8.80. The summed E-state index contributed by atoms with van der Waals surface area (Å²) in [5.74, 6) is 5.88. The second kappa shape index (κ2) is 3.03. The molecule has 3 unspecified atom stereocenters. The molecule has 2 rings (SSSR count). The van der Waals surface area contributed by atoms with Gasteiger partial charge in [0, 0.05) is 5.92 Å². The molecular weight excluding hydrogens is 172 g/mol. The molecule has 0 amide bonds. The fourth-order valence-corrected chi connectivity index (χ4v) is 2.87. The van der Waals surface area contributed by atoms with Crippen molar-refractivity contribution in [3.05, 3.63) is 12.2 Å². The highest BCUT2D eigenvalue weighted by Crippen LogP contribution is 2.42. The largest absolute Gasteiger partial charge is 0.132 e. The number of rotatable bonds is 0. The van der Waals surface area contributed by atoms with Crippen molar-refractivity contribution < 1.29 is 0 Å². The highest BCUT2D eigenvalue weighted by atomic mass is 28.3. The Labute approximate surface area is 82.4 Å². The standard InChI is InChI=1S/C12H18Si/c1-13(2,3)7-6-12-9-10-4-5-11(12)8-10/h4-5,10-12H,8-9H2,1-3H3. The van der Waals surface area contributed by atoms with E-state index in [2.05, 4.69) is 43.3 Å². The van der Waals surface area contributed by atoms with Gasteiger partial charge in [-0.1, -0.05) is 31.8 Å². The van der Waals surface area contributed by atoms with Gasteiger partial charge < -0.3 is 0 Å². The van der Waals surface area contributed by atoms with Crippen LogP contribution < -0.4 is 0 Å². The summed E-state index contributed by atoms with van der Waals surface area (Å²) in [7, 11) is -1.14. The molecule has 0 saturated heterocycles. The summed E-state index contributed by atoms with van der Waals surface area (Å²) in [6, 6.07) is 0. The summed E-state index contributed by atoms with van der Waals surface area (Å²) >= 11 is 0. The lowest BCUT2D eigenvalue weighted by atomic mass is 9.95. The summed E-state index contributed by atoms with van der Waals surface area (Å²) in [4.78, 5) is 0. The normalized spacial score (nSPS) is 36.1. The summed E-state index contributed by atoms with van der Waals surface area (Å²) in [5, 5.41) is 0. The number of hydrogen-bond donors (Lipinski definition) is 0. The molecule has 3 atom stereocenters. The molecule has 0 nitrogen and oxygen atoms in total. The zero-order chi connectivity index (χ0) is 9.47. The fraction of sp³-hybridized carbons (Fsp3) is 0.667. The smallest absolute Gasteiger partial charge is 0.129 e. The molecule has 0 N–H and O–H groups in total. The first-order valence-corrected chi connectivity index (χ1v) is 8.76. The average molecular weight is 190 g/mol. The highest BCUT2D eigenvalue weighted by molar-refractivity contribution is 6.83. The van der Waals surface area contributed by atoms with Crippen LogP contribution in [0.1, 0.15) is 12.8 Å². The molecule has 13 heavy (non-hydrogen) atoms. The molecule has 2 aliphatic carbocycles. The maximum Gasteiger partial charge on any atom is 0.129 e. The van der Waals surface area contributed by atoms with Crippen molar-refractivity contribution in [2.75, 3.05) is 0 Å². The molecule has 2 bridgehead atoms. The van der Waals surface area contributed by atoms with Crippen LogP contribution >= 0.6 is 0 Å². The molecule has 1 saturated carbocycles. The predicted octanol–water partition coefficient (Wildman–Crippen LogP) is 3.08. The third-order valence-electron chi connectivity index (χ3n) is 2.91. The predicted molar refractivity (Wildman–Crippen MR) is 60.0 cm³/mol. The minimum atomic E-state index is -1.14. The molecule has 70 valence electrons. The first kappa shape index (κ1) is 9.09. The number of allylic oxidation sites excluding steroid dienone is 2. The lowest BCUT2D eigenvalue weighted by Gasteiger charge is -2.12. The van der Waals surface area contributed by atoms with E-state index in [9.17, 15) is 0 Å². The monoisotopic (exact) mass is 190 g/mol. The van der Waals surface area contributed by atoms with Crippen LogP contribution in [0.15, 0.2) is 12.2 Å². The summed E-state index contributed by atoms with van der Waals surface area (Å²) in [6.07, 6.45) is 7.48. The lowest BCUT2D eigenvalue weighted by Crippen LogP contribution is -2.17. The average Bonchev–Trinajstić information content (AvgIpc) is 2.58. The molecule has 0 spiro atoms. The molecule has 0 aliphatic heterocycles. The quantitative estimate of drug-likeness (QED) is 0.313. The zero-order valence-corrected chi connectivity index (χ0v) is 9.80. The van der Waals surface area contributed by atoms with E-state index in [1.807, 2.05) is 0 Å². The molecule has 0 aromatic rings. The minimum Gasteiger partial charge on any atom is -0.132 e. The minimum absolute atomic E-state index is 0.696. The lowest BCUT2D eigenvalue weighted by molar-refractivity contribution is 0.569. The molecule has 1 heteroatoms. The van der Waals surface area contributed by atoms with E-state index >= 15 is 0 Å². The van der Waals surface area contributed by atoms with Gasteiger partial charge in [0.15, 0.2) is 0 Å². The Morgan fingerprint density at radius 2 is 1.92 bits per heavy atom. The van der Waals surface area contributed by atoms with Crippen molar-refractivity contribution >= 4 is 8.07 Å². The van der Waals surface area contributed by atoms with Crippen LogP contribution in [0.2, 0.25) is 19.6 Å². The van der Waals surface area contributed by atoms with E-state index in [1.54, 1.807) is 0 Å². The summed E-state index contributed by atoms with van der Waals surface area (Å²) < 4.78 is 0. The fourth-order valence-electron chi connectivity index (χ4n) is 2.26. The van der Waals surface area contributed by atoms with Gasteiger partial charge >= 0.3 is 0 Å². The van der Waals surface area contributed by atoms with Crippen LogP contribution in [-0.4, -0.2) is 8.07 Å². The van der Waals surface area contributed by atoms with Crippen molar-refractivity contribution in [2.24, 2.45) is 17.8 Å². The van der Waals surface area contributed by atoms with E-state index in [-0.39, 0.29) is 0 Å².